The molecule has 5 nitrogen and oxygen atoms in total. The third-order valence-electron chi connectivity index (χ3n) is 3.56. The van der Waals surface area contributed by atoms with Crippen LogP contribution in [0.1, 0.15) is 11.1 Å². The Morgan fingerprint density at radius 2 is 1.78 bits per heavy atom. The molecule has 0 unspecified atom stereocenters. The van der Waals surface area contributed by atoms with Crippen LogP contribution in [0.4, 0.5) is 19.0 Å². The minimum Gasteiger partial charge on any atom is -0.439 e. The number of aromatic nitrogens is 3. The zero-order valence-corrected chi connectivity index (χ0v) is 14.6. The molecule has 0 bridgehead atoms. The fraction of sp³-hybridized carbons (Fsp3) is 0.167. The van der Waals surface area contributed by atoms with E-state index in [9.17, 15) is 13.2 Å². The second kappa shape index (κ2) is 8.22. The summed E-state index contributed by atoms with van der Waals surface area (Å²) in [6.45, 7) is 0.647. The summed E-state index contributed by atoms with van der Waals surface area (Å²) in [4.78, 5) is 11.5. The summed E-state index contributed by atoms with van der Waals surface area (Å²) in [6.07, 6.45) is -1.56. The third-order valence-corrected chi connectivity index (χ3v) is 3.77. The van der Waals surface area contributed by atoms with Gasteiger partial charge in [0.15, 0.2) is 0 Å². The van der Waals surface area contributed by atoms with Crippen molar-refractivity contribution in [1.29, 1.82) is 0 Å². The molecule has 0 aliphatic rings. The van der Waals surface area contributed by atoms with Crippen molar-refractivity contribution >= 4 is 17.4 Å². The van der Waals surface area contributed by atoms with E-state index in [0.29, 0.717) is 23.3 Å². The van der Waals surface area contributed by atoms with Gasteiger partial charge in [-0.2, -0.15) is 13.2 Å². The number of hydrogen-bond donors (Lipinski definition) is 1. The van der Waals surface area contributed by atoms with E-state index in [0.717, 1.165) is 24.2 Å². The van der Waals surface area contributed by atoms with Crippen LogP contribution < -0.4 is 10.1 Å². The van der Waals surface area contributed by atoms with Crippen molar-refractivity contribution in [2.45, 2.75) is 12.6 Å². The predicted octanol–water partition coefficient (Wildman–Crippen LogP) is 4.99. The first kappa shape index (κ1) is 18.9. The Labute approximate surface area is 158 Å². The molecule has 0 radical (unpaired) electrons. The summed E-state index contributed by atoms with van der Waals surface area (Å²) in [5.41, 5.74) is 0.234. The van der Waals surface area contributed by atoms with Crippen LogP contribution in [0, 0.1) is 0 Å². The number of ether oxygens (including phenoxy) is 1. The Morgan fingerprint density at radius 3 is 2.41 bits per heavy atom. The average Bonchev–Trinajstić information content (AvgIpc) is 2.63. The molecule has 0 saturated heterocycles. The summed E-state index contributed by atoms with van der Waals surface area (Å²) in [5.74, 6) is 1.22. The van der Waals surface area contributed by atoms with Gasteiger partial charge in [0.05, 0.1) is 5.56 Å². The normalized spacial score (nSPS) is 11.3. The summed E-state index contributed by atoms with van der Waals surface area (Å²) >= 11 is 5.79. The molecule has 9 heteroatoms. The summed E-state index contributed by atoms with van der Waals surface area (Å²) in [6, 6.07) is 11.0. The van der Waals surface area contributed by atoms with Gasteiger partial charge in [0.1, 0.15) is 23.0 Å². The number of anilines is 1. The Balaban J connectivity index is 1.52. The van der Waals surface area contributed by atoms with Crippen LogP contribution in [0.2, 0.25) is 5.15 Å². The molecule has 0 amide bonds. The van der Waals surface area contributed by atoms with Crippen LogP contribution in [0.5, 0.6) is 11.6 Å². The van der Waals surface area contributed by atoms with Gasteiger partial charge in [-0.15, -0.1) is 0 Å². The maximum Gasteiger partial charge on any atom is 0.417 e. The van der Waals surface area contributed by atoms with E-state index in [1.165, 1.54) is 12.4 Å². The van der Waals surface area contributed by atoms with Crippen LogP contribution in [0.15, 0.2) is 55.0 Å². The Kier molecular flexibility index (Phi) is 5.75. The quantitative estimate of drug-likeness (QED) is 0.597. The van der Waals surface area contributed by atoms with Crippen LogP contribution in [0.3, 0.4) is 0 Å². The first-order chi connectivity index (χ1) is 12.9. The first-order valence-corrected chi connectivity index (χ1v) is 8.29. The van der Waals surface area contributed by atoms with Crippen molar-refractivity contribution in [2.75, 3.05) is 11.9 Å². The molecule has 0 atom stereocenters. The van der Waals surface area contributed by atoms with E-state index in [-0.39, 0.29) is 5.88 Å². The second-order valence-electron chi connectivity index (χ2n) is 5.53. The van der Waals surface area contributed by atoms with Gasteiger partial charge in [0.2, 0.25) is 5.88 Å². The van der Waals surface area contributed by atoms with Gasteiger partial charge < -0.3 is 10.1 Å². The molecule has 3 rings (SSSR count). The highest BCUT2D eigenvalue weighted by atomic mass is 35.5. The Bertz CT molecular complexity index is 886. The second-order valence-corrected chi connectivity index (χ2v) is 5.92. The molecule has 0 fully saturated rings. The molecule has 0 aliphatic carbocycles. The lowest BCUT2D eigenvalue weighted by Gasteiger charge is -2.09. The van der Waals surface area contributed by atoms with Crippen LogP contribution in [-0.2, 0) is 12.6 Å². The highest BCUT2D eigenvalue weighted by Gasteiger charge is 2.30. The fourth-order valence-electron chi connectivity index (χ4n) is 2.22. The third kappa shape index (κ3) is 5.55. The van der Waals surface area contributed by atoms with Crippen LogP contribution >= 0.6 is 11.6 Å². The molecule has 1 aromatic carbocycles. The highest BCUT2D eigenvalue weighted by molar-refractivity contribution is 6.29. The van der Waals surface area contributed by atoms with Gasteiger partial charge in [-0.3, -0.25) is 0 Å². The molecule has 27 heavy (non-hydrogen) atoms. The number of hydrogen-bond acceptors (Lipinski definition) is 5. The summed E-state index contributed by atoms with van der Waals surface area (Å²) in [5, 5.41) is 3.50. The highest BCUT2D eigenvalue weighted by Crippen LogP contribution is 2.30. The maximum absolute atomic E-state index is 12.5. The number of rotatable bonds is 6. The molecule has 3 aromatic rings. The first-order valence-electron chi connectivity index (χ1n) is 7.91. The Hall–Kier alpha value is -2.87. The molecule has 0 saturated carbocycles. The van der Waals surface area contributed by atoms with Gasteiger partial charge in [0.25, 0.3) is 0 Å². The molecule has 140 valence electrons. The minimum absolute atomic E-state index is 0.0954. The number of alkyl halides is 3. The van der Waals surface area contributed by atoms with Gasteiger partial charge >= 0.3 is 6.18 Å². The number of nitrogens with zero attached hydrogens (tertiary/aromatic N) is 3. The molecule has 2 heterocycles. The predicted molar refractivity (Wildman–Crippen MR) is 95.0 cm³/mol. The SMILES string of the molecule is FC(F)(F)c1ccc(Oc2ccc(CCNc3cc(Cl)ncn3)cc2)nc1. The van der Waals surface area contributed by atoms with Crippen molar-refractivity contribution in [2.24, 2.45) is 0 Å². The Morgan fingerprint density at radius 1 is 1.00 bits per heavy atom. The fourth-order valence-corrected chi connectivity index (χ4v) is 2.37. The van der Waals surface area contributed by atoms with Crippen molar-refractivity contribution in [3.8, 4) is 11.6 Å². The topological polar surface area (TPSA) is 59.9 Å². The molecule has 0 spiro atoms. The van der Waals surface area contributed by atoms with Crippen LogP contribution in [-0.4, -0.2) is 21.5 Å². The largest absolute Gasteiger partial charge is 0.439 e. The van der Waals surface area contributed by atoms with E-state index >= 15 is 0 Å². The molecule has 2 aromatic heterocycles. The minimum atomic E-state index is -4.42. The van der Waals surface area contributed by atoms with Crippen LogP contribution in [0.25, 0.3) is 0 Å². The van der Waals surface area contributed by atoms with E-state index in [4.69, 9.17) is 16.3 Å². The van der Waals surface area contributed by atoms with Crippen molar-refractivity contribution in [3.63, 3.8) is 0 Å². The lowest BCUT2D eigenvalue weighted by Crippen LogP contribution is -2.06. The zero-order chi connectivity index (χ0) is 19.3. The van der Waals surface area contributed by atoms with Crippen molar-refractivity contribution < 1.29 is 17.9 Å². The summed E-state index contributed by atoms with van der Waals surface area (Å²) in [7, 11) is 0. The molecular formula is C18H14ClF3N4O. The average molecular weight is 395 g/mol. The van der Waals surface area contributed by atoms with E-state index in [2.05, 4.69) is 20.3 Å². The lowest BCUT2D eigenvalue weighted by atomic mass is 10.1. The monoisotopic (exact) mass is 394 g/mol. The van der Waals surface area contributed by atoms with E-state index < -0.39 is 11.7 Å². The van der Waals surface area contributed by atoms with Crippen molar-refractivity contribution in [3.05, 3.63) is 71.3 Å². The molecule has 0 aliphatic heterocycles. The van der Waals surface area contributed by atoms with Gasteiger partial charge in [0, 0.05) is 24.9 Å². The zero-order valence-electron chi connectivity index (χ0n) is 13.9. The van der Waals surface area contributed by atoms with Gasteiger partial charge in [-0.1, -0.05) is 23.7 Å². The lowest BCUT2D eigenvalue weighted by molar-refractivity contribution is -0.137. The maximum atomic E-state index is 12.5. The smallest absolute Gasteiger partial charge is 0.417 e. The standard InChI is InChI=1S/C18H14ClF3N4O/c19-15-9-16(26-11-25-15)23-8-7-12-1-4-14(5-2-12)27-17-6-3-13(10-24-17)18(20,21)22/h1-6,9-11H,7-8H2,(H,23,25,26). The number of nitrogens with one attached hydrogen (secondary N) is 1. The van der Waals surface area contributed by atoms with E-state index in [1.54, 1.807) is 18.2 Å². The van der Waals surface area contributed by atoms with Crippen molar-refractivity contribution in [1.82, 2.24) is 15.0 Å². The number of benzene rings is 1. The summed E-state index contributed by atoms with van der Waals surface area (Å²) < 4.78 is 43.0. The molecule has 1 N–H and O–H groups in total. The van der Waals surface area contributed by atoms with Gasteiger partial charge in [-0.25, -0.2) is 15.0 Å². The van der Waals surface area contributed by atoms with Gasteiger partial charge in [-0.05, 0) is 30.2 Å². The van der Waals surface area contributed by atoms with E-state index in [1.807, 2.05) is 12.1 Å². The number of halogens is 4. The molecular weight excluding hydrogens is 381 g/mol. The number of pyridine rings is 1.